The molecule has 1 aromatic heterocycles. The highest BCUT2D eigenvalue weighted by molar-refractivity contribution is 6.31. The number of H-pyrrole nitrogens is 1. The van der Waals surface area contributed by atoms with E-state index in [0.717, 1.165) is 16.5 Å². The number of fused-ring (bicyclic) bond motifs is 1. The van der Waals surface area contributed by atoms with Gasteiger partial charge in [0.15, 0.2) is 0 Å². The molecule has 0 fully saturated rings. The number of rotatable bonds is 7. The molecule has 3 rings (SSSR count). The molecule has 3 aromatic rings. The first-order chi connectivity index (χ1) is 12.6. The van der Waals surface area contributed by atoms with E-state index >= 15 is 0 Å². The number of methoxy groups -OCH3 is 1. The highest BCUT2D eigenvalue weighted by atomic mass is 35.5. The number of hydrogen-bond acceptors (Lipinski definition) is 2. The van der Waals surface area contributed by atoms with Crippen LogP contribution in [0.5, 0.6) is 0 Å². The van der Waals surface area contributed by atoms with E-state index in [4.69, 9.17) is 16.3 Å². The molecular weight excluding hydrogens is 355 g/mol. The molecule has 0 saturated heterocycles. The zero-order valence-corrected chi connectivity index (χ0v) is 15.1. The topological polar surface area (TPSA) is 54.1 Å². The van der Waals surface area contributed by atoms with Crippen LogP contribution in [0.3, 0.4) is 0 Å². The number of aromatic nitrogens is 1. The van der Waals surface area contributed by atoms with E-state index in [1.54, 1.807) is 31.4 Å². The van der Waals surface area contributed by atoms with Crippen LogP contribution in [0.2, 0.25) is 5.02 Å². The highest BCUT2D eigenvalue weighted by Crippen LogP contribution is 2.35. The number of aromatic amines is 1. The smallest absolute Gasteiger partial charge is 0.221 e. The third kappa shape index (κ3) is 4.06. The third-order valence-electron chi connectivity index (χ3n) is 4.35. The van der Waals surface area contributed by atoms with Crippen molar-refractivity contribution in [1.82, 2.24) is 10.3 Å². The minimum absolute atomic E-state index is 0.129. The molecule has 2 aromatic carbocycles. The fourth-order valence-corrected chi connectivity index (χ4v) is 3.27. The lowest BCUT2D eigenvalue weighted by atomic mass is 9.87. The van der Waals surface area contributed by atoms with Crippen molar-refractivity contribution in [2.75, 3.05) is 20.3 Å². The van der Waals surface area contributed by atoms with Crippen LogP contribution in [-0.2, 0) is 9.53 Å². The lowest BCUT2D eigenvalue weighted by Gasteiger charge is -2.18. The average Bonchev–Trinajstić information content (AvgIpc) is 3.03. The number of hydrogen-bond donors (Lipinski definition) is 2. The summed E-state index contributed by atoms with van der Waals surface area (Å²) in [7, 11) is 1.57. The zero-order valence-electron chi connectivity index (χ0n) is 14.4. The second kappa shape index (κ2) is 8.34. The maximum atomic E-state index is 14.5. The molecule has 0 bridgehead atoms. The fraction of sp³-hybridized carbons (Fsp3) is 0.250. The number of nitrogens with one attached hydrogen (secondary N) is 2. The van der Waals surface area contributed by atoms with Gasteiger partial charge in [-0.25, -0.2) is 4.39 Å². The molecule has 0 aliphatic carbocycles. The molecule has 0 aliphatic rings. The molecule has 0 spiro atoms. The molecule has 0 aliphatic heterocycles. The molecule has 4 nitrogen and oxygen atoms in total. The summed E-state index contributed by atoms with van der Waals surface area (Å²) in [5.41, 5.74) is 2.22. The van der Waals surface area contributed by atoms with Crippen molar-refractivity contribution in [2.24, 2.45) is 0 Å². The summed E-state index contributed by atoms with van der Waals surface area (Å²) < 4.78 is 19.4. The van der Waals surface area contributed by atoms with E-state index in [2.05, 4.69) is 10.3 Å². The van der Waals surface area contributed by atoms with Crippen molar-refractivity contribution in [1.29, 1.82) is 0 Å². The lowest BCUT2D eigenvalue weighted by Crippen LogP contribution is -2.28. The van der Waals surface area contributed by atoms with E-state index < -0.39 is 5.92 Å². The van der Waals surface area contributed by atoms with Gasteiger partial charge in [0.05, 0.1) is 6.61 Å². The van der Waals surface area contributed by atoms with Crippen LogP contribution in [-0.4, -0.2) is 31.2 Å². The first-order valence-corrected chi connectivity index (χ1v) is 8.74. The maximum absolute atomic E-state index is 14.5. The molecule has 6 heteroatoms. The minimum atomic E-state index is -0.425. The molecular formula is C20H20ClFN2O2. The van der Waals surface area contributed by atoms with Crippen LogP contribution in [0.1, 0.15) is 23.5 Å². The van der Waals surface area contributed by atoms with Gasteiger partial charge in [0.25, 0.3) is 0 Å². The van der Waals surface area contributed by atoms with Gasteiger partial charge in [-0.05, 0) is 35.4 Å². The van der Waals surface area contributed by atoms with E-state index in [1.807, 2.05) is 18.3 Å². The number of carbonyl (C=O) groups excluding carboxylic acids is 1. The Bertz CT molecular complexity index is 910. The molecule has 2 N–H and O–H groups in total. The summed E-state index contributed by atoms with van der Waals surface area (Å²) in [5, 5.41) is 4.28. The van der Waals surface area contributed by atoms with Crippen molar-refractivity contribution in [3.05, 3.63) is 70.6 Å². The number of amides is 1. The van der Waals surface area contributed by atoms with Gasteiger partial charge in [-0.2, -0.15) is 0 Å². The van der Waals surface area contributed by atoms with Crippen LogP contribution in [0.25, 0.3) is 10.9 Å². The summed E-state index contributed by atoms with van der Waals surface area (Å²) >= 11 is 6.14. The van der Waals surface area contributed by atoms with Crippen LogP contribution >= 0.6 is 11.6 Å². The van der Waals surface area contributed by atoms with E-state index in [1.165, 1.54) is 6.07 Å². The third-order valence-corrected chi connectivity index (χ3v) is 4.58. The Morgan fingerprint density at radius 3 is 2.85 bits per heavy atom. The lowest BCUT2D eigenvalue weighted by molar-refractivity contribution is -0.121. The molecule has 1 atom stereocenters. The first-order valence-electron chi connectivity index (χ1n) is 8.36. The highest BCUT2D eigenvalue weighted by Gasteiger charge is 2.24. The van der Waals surface area contributed by atoms with Gasteiger partial charge in [0, 0.05) is 48.1 Å². The molecule has 1 heterocycles. The van der Waals surface area contributed by atoms with Gasteiger partial charge in [-0.1, -0.05) is 29.8 Å². The molecule has 0 radical (unpaired) electrons. The second-order valence-corrected chi connectivity index (χ2v) is 6.49. The molecule has 1 amide bonds. The van der Waals surface area contributed by atoms with Gasteiger partial charge in [-0.3, -0.25) is 4.79 Å². The van der Waals surface area contributed by atoms with Gasteiger partial charge in [0.2, 0.25) is 5.91 Å². The second-order valence-electron chi connectivity index (χ2n) is 6.05. The van der Waals surface area contributed by atoms with Crippen LogP contribution in [0, 0.1) is 5.82 Å². The number of ether oxygens (including phenoxy) is 1. The SMILES string of the molecule is COCCNC(=O)C[C@H](c1ccccc1F)c1c[nH]c2ccc(Cl)cc12. The standard InChI is InChI=1S/C20H20ClFN2O2/c1-26-9-8-23-20(25)11-15(14-4-2-3-5-18(14)22)17-12-24-19-7-6-13(21)10-16(17)19/h2-7,10,12,15,24H,8-9,11H2,1H3,(H,23,25)/t15-/m1/s1. The number of halogens is 2. The summed E-state index contributed by atoms with van der Waals surface area (Å²) in [5.74, 6) is -0.920. The Balaban J connectivity index is 1.98. The van der Waals surface area contributed by atoms with E-state index in [-0.39, 0.29) is 18.1 Å². The number of benzene rings is 2. The van der Waals surface area contributed by atoms with Crippen LogP contribution < -0.4 is 5.32 Å². The average molecular weight is 375 g/mol. The Kier molecular flexibility index (Phi) is 5.91. The van der Waals surface area contributed by atoms with Gasteiger partial charge in [0.1, 0.15) is 5.82 Å². The first kappa shape index (κ1) is 18.4. The van der Waals surface area contributed by atoms with E-state index in [9.17, 15) is 9.18 Å². The minimum Gasteiger partial charge on any atom is -0.383 e. The Morgan fingerprint density at radius 1 is 1.27 bits per heavy atom. The molecule has 0 unspecified atom stereocenters. The quantitative estimate of drug-likeness (QED) is 0.607. The van der Waals surface area contributed by atoms with Crippen LogP contribution in [0.4, 0.5) is 4.39 Å². The molecule has 0 saturated carbocycles. The Morgan fingerprint density at radius 2 is 2.08 bits per heavy atom. The van der Waals surface area contributed by atoms with Crippen LogP contribution in [0.15, 0.2) is 48.7 Å². The normalized spacial score (nSPS) is 12.3. The van der Waals surface area contributed by atoms with Crippen molar-refractivity contribution in [3.8, 4) is 0 Å². The summed E-state index contributed by atoms with van der Waals surface area (Å²) in [6.45, 7) is 0.845. The predicted octanol–water partition coefficient (Wildman–Crippen LogP) is 4.25. The number of carbonyl (C=O) groups is 1. The predicted molar refractivity (Wildman–Crippen MR) is 101 cm³/mol. The molecule has 136 valence electrons. The largest absolute Gasteiger partial charge is 0.383 e. The maximum Gasteiger partial charge on any atom is 0.221 e. The monoisotopic (exact) mass is 374 g/mol. The van der Waals surface area contributed by atoms with Crippen molar-refractivity contribution < 1.29 is 13.9 Å². The van der Waals surface area contributed by atoms with Crippen molar-refractivity contribution >= 4 is 28.4 Å². The summed E-state index contributed by atoms with van der Waals surface area (Å²) in [4.78, 5) is 15.6. The Hall–Kier alpha value is -2.37. The van der Waals surface area contributed by atoms with Crippen molar-refractivity contribution in [2.45, 2.75) is 12.3 Å². The van der Waals surface area contributed by atoms with Gasteiger partial charge in [-0.15, -0.1) is 0 Å². The van der Waals surface area contributed by atoms with Gasteiger partial charge >= 0.3 is 0 Å². The van der Waals surface area contributed by atoms with Gasteiger partial charge < -0.3 is 15.0 Å². The summed E-state index contributed by atoms with van der Waals surface area (Å²) in [6, 6.07) is 12.0. The van der Waals surface area contributed by atoms with E-state index in [0.29, 0.717) is 23.7 Å². The Labute approximate surface area is 156 Å². The zero-order chi connectivity index (χ0) is 18.5. The molecule has 26 heavy (non-hydrogen) atoms. The van der Waals surface area contributed by atoms with Crippen molar-refractivity contribution in [3.63, 3.8) is 0 Å². The fourth-order valence-electron chi connectivity index (χ4n) is 3.10. The summed E-state index contributed by atoms with van der Waals surface area (Å²) in [6.07, 6.45) is 1.95.